The van der Waals surface area contributed by atoms with E-state index in [2.05, 4.69) is 20.5 Å². The predicted molar refractivity (Wildman–Crippen MR) is 137 cm³/mol. The molecule has 1 amide bonds. The smallest absolute Gasteiger partial charge is 0.416 e. The Balaban J connectivity index is 1.19. The van der Waals surface area contributed by atoms with E-state index in [4.69, 9.17) is 0 Å². The number of aromatic hydroxyl groups is 1. The highest BCUT2D eigenvalue weighted by atomic mass is 19.4. The van der Waals surface area contributed by atoms with Crippen LogP contribution in [0.3, 0.4) is 0 Å². The number of phenolic OH excluding ortho intramolecular Hbond substituents is 1. The van der Waals surface area contributed by atoms with Crippen LogP contribution < -0.4 is 16.2 Å². The molecule has 1 saturated heterocycles. The van der Waals surface area contributed by atoms with Gasteiger partial charge in [0.15, 0.2) is 0 Å². The zero-order valence-corrected chi connectivity index (χ0v) is 21.0. The fourth-order valence-corrected chi connectivity index (χ4v) is 4.73. The number of benzene rings is 2. The number of carbonyl (C=O) groups is 1. The summed E-state index contributed by atoms with van der Waals surface area (Å²) >= 11 is 0. The molecule has 1 atom stereocenters. The van der Waals surface area contributed by atoms with E-state index in [0.29, 0.717) is 42.7 Å². The number of aromatic nitrogens is 1. The number of aromatic amines is 1. The molecule has 0 radical (unpaired) electrons. The van der Waals surface area contributed by atoms with Crippen molar-refractivity contribution in [2.24, 2.45) is 0 Å². The molecule has 12 heteroatoms. The average molecular weight is 551 g/mol. The zero-order valence-electron chi connectivity index (χ0n) is 21.0. The van der Waals surface area contributed by atoms with Crippen molar-refractivity contribution < 1.29 is 32.6 Å². The Morgan fingerprint density at radius 2 is 1.87 bits per heavy atom. The fraction of sp³-hybridized carbons (Fsp3) is 0.407. The summed E-state index contributed by atoms with van der Waals surface area (Å²) in [5, 5.41) is 27.2. The van der Waals surface area contributed by atoms with E-state index in [0.717, 1.165) is 18.9 Å². The first-order valence-electron chi connectivity index (χ1n) is 12.6. The van der Waals surface area contributed by atoms with Crippen LogP contribution in [0.4, 0.5) is 17.6 Å². The van der Waals surface area contributed by atoms with Crippen LogP contribution in [0.1, 0.15) is 42.1 Å². The molecule has 3 aromatic rings. The van der Waals surface area contributed by atoms with Crippen LogP contribution in [0.15, 0.2) is 47.3 Å². The second kappa shape index (κ2) is 12.1. The van der Waals surface area contributed by atoms with Crippen LogP contribution in [0.25, 0.3) is 10.9 Å². The highest BCUT2D eigenvalue weighted by Gasteiger charge is 2.31. The lowest BCUT2D eigenvalue weighted by Gasteiger charge is -2.32. The number of amides is 1. The minimum Gasteiger partial charge on any atom is -0.506 e. The molecular formula is C27H30F4N4O4. The van der Waals surface area contributed by atoms with E-state index in [1.807, 2.05) is 0 Å². The highest BCUT2D eigenvalue weighted by molar-refractivity contribution is 5.87. The number of alkyl halides is 3. The minimum absolute atomic E-state index is 0.0736. The Labute approximate surface area is 221 Å². The van der Waals surface area contributed by atoms with Gasteiger partial charge in [-0.15, -0.1) is 0 Å². The molecule has 4 rings (SSSR count). The maximum atomic E-state index is 13.9. The number of piperidine rings is 1. The van der Waals surface area contributed by atoms with Crippen LogP contribution in [-0.2, 0) is 17.5 Å². The van der Waals surface area contributed by atoms with Gasteiger partial charge in [0.25, 0.3) is 0 Å². The lowest BCUT2D eigenvalue weighted by molar-refractivity contribution is -0.137. The summed E-state index contributed by atoms with van der Waals surface area (Å²) < 4.78 is 52.4. The summed E-state index contributed by atoms with van der Waals surface area (Å²) in [5.74, 6) is -1.26. The first-order valence-corrected chi connectivity index (χ1v) is 12.6. The predicted octanol–water partition coefficient (Wildman–Crippen LogP) is 3.19. The Morgan fingerprint density at radius 1 is 1.13 bits per heavy atom. The number of aliphatic hydroxyl groups excluding tert-OH is 1. The maximum Gasteiger partial charge on any atom is 0.416 e. The molecular weight excluding hydrogens is 520 g/mol. The third kappa shape index (κ3) is 7.34. The lowest BCUT2D eigenvalue weighted by Crippen LogP contribution is -2.44. The van der Waals surface area contributed by atoms with Crippen molar-refractivity contribution in [1.29, 1.82) is 0 Å². The number of aliphatic hydroxyl groups is 1. The van der Waals surface area contributed by atoms with E-state index in [1.54, 1.807) is 12.1 Å². The van der Waals surface area contributed by atoms with Crippen molar-refractivity contribution in [2.45, 2.75) is 44.1 Å². The second-order valence-corrected chi connectivity index (χ2v) is 9.66. The molecule has 0 saturated carbocycles. The Morgan fingerprint density at radius 3 is 2.59 bits per heavy atom. The molecule has 8 nitrogen and oxygen atoms in total. The fourth-order valence-electron chi connectivity index (χ4n) is 4.73. The first-order chi connectivity index (χ1) is 18.5. The largest absolute Gasteiger partial charge is 0.506 e. The number of H-pyrrole nitrogens is 1. The first kappa shape index (κ1) is 28.5. The van der Waals surface area contributed by atoms with Gasteiger partial charge in [0.05, 0.1) is 17.2 Å². The van der Waals surface area contributed by atoms with Gasteiger partial charge in [-0.25, -0.2) is 4.39 Å². The Hall–Kier alpha value is -3.48. The maximum absolute atomic E-state index is 13.9. The van der Waals surface area contributed by atoms with Gasteiger partial charge in [0.1, 0.15) is 11.6 Å². The van der Waals surface area contributed by atoms with Gasteiger partial charge < -0.3 is 30.7 Å². The number of carbonyl (C=O) groups excluding carboxylic acids is 1. The van der Waals surface area contributed by atoms with E-state index in [-0.39, 0.29) is 53.8 Å². The summed E-state index contributed by atoms with van der Waals surface area (Å²) in [6.07, 6.45) is -3.75. The topological polar surface area (TPSA) is 118 Å². The molecule has 1 aromatic heterocycles. The monoisotopic (exact) mass is 550 g/mol. The lowest BCUT2D eigenvalue weighted by atomic mass is 10.0. The summed E-state index contributed by atoms with van der Waals surface area (Å²) in [4.78, 5) is 28.5. The molecule has 2 aromatic carbocycles. The zero-order chi connectivity index (χ0) is 28.2. The summed E-state index contributed by atoms with van der Waals surface area (Å²) in [5.41, 5.74) is -0.682. The molecule has 1 aliphatic rings. The SMILES string of the molecule is O=C(CCN1CCC(NCC(O)c2ccc(O)c3[nH]c(=O)ccc23)CC1)NCc1cc(C(F)(F)F)ccc1F. The van der Waals surface area contributed by atoms with Gasteiger partial charge in [-0.3, -0.25) is 9.59 Å². The van der Waals surface area contributed by atoms with Crippen molar-refractivity contribution in [2.75, 3.05) is 26.2 Å². The number of pyridine rings is 1. The molecule has 0 bridgehead atoms. The molecule has 5 N–H and O–H groups in total. The molecule has 0 aliphatic carbocycles. The molecule has 0 spiro atoms. The number of phenols is 1. The third-order valence-electron chi connectivity index (χ3n) is 6.96. The summed E-state index contributed by atoms with van der Waals surface area (Å²) in [6, 6.07) is 8.22. The Kier molecular flexibility index (Phi) is 8.88. The van der Waals surface area contributed by atoms with Gasteiger partial charge in [-0.2, -0.15) is 13.2 Å². The molecule has 1 unspecified atom stereocenters. The standard InChI is InChI=1S/C27H30F4N4O4/c28-21-4-1-17(27(29,30)31)13-16(21)14-33-24(38)9-12-35-10-7-18(8-11-35)32-15-23(37)19-2-5-22(36)26-20(19)3-6-25(39)34-26/h1-6,13,18,23,32,36-37H,7-12,14-15H2,(H,33,38)(H,34,39). The van der Waals surface area contributed by atoms with Crippen molar-refractivity contribution in [3.05, 3.63) is 75.3 Å². The molecule has 210 valence electrons. The van der Waals surface area contributed by atoms with E-state index in [1.165, 1.54) is 12.1 Å². The number of nitrogens with zero attached hydrogens (tertiary/aromatic N) is 1. The molecule has 39 heavy (non-hydrogen) atoms. The van der Waals surface area contributed by atoms with E-state index in [9.17, 15) is 37.4 Å². The third-order valence-corrected chi connectivity index (χ3v) is 6.96. The Bertz CT molecular complexity index is 1370. The van der Waals surface area contributed by atoms with Gasteiger partial charge in [-0.05, 0) is 61.8 Å². The number of rotatable bonds is 9. The number of likely N-dealkylation sites (tertiary alicyclic amines) is 1. The number of nitrogens with one attached hydrogen (secondary N) is 3. The highest BCUT2D eigenvalue weighted by Crippen LogP contribution is 2.31. The van der Waals surface area contributed by atoms with Gasteiger partial charge in [0.2, 0.25) is 11.5 Å². The van der Waals surface area contributed by atoms with E-state index < -0.39 is 23.7 Å². The average Bonchev–Trinajstić information content (AvgIpc) is 2.90. The molecule has 2 heterocycles. The van der Waals surface area contributed by atoms with Crippen LogP contribution in [0.2, 0.25) is 0 Å². The van der Waals surface area contributed by atoms with Crippen molar-refractivity contribution in [1.82, 2.24) is 20.5 Å². The van der Waals surface area contributed by atoms with Crippen molar-refractivity contribution >= 4 is 16.8 Å². The summed E-state index contributed by atoms with van der Waals surface area (Å²) in [6.45, 7) is 1.84. The number of hydrogen-bond donors (Lipinski definition) is 5. The van der Waals surface area contributed by atoms with Crippen LogP contribution >= 0.6 is 0 Å². The van der Waals surface area contributed by atoms with Crippen LogP contribution in [-0.4, -0.2) is 58.2 Å². The summed E-state index contributed by atoms with van der Waals surface area (Å²) in [7, 11) is 0. The van der Waals surface area contributed by atoms with Gasteiger partial charge in [-0.1, -0.05) is 6.07 Å². The van der Waals surface area contributed by atoms with Crippen LogP contribution in [0.5, 0.6) is 5.75 Å². The van der Waals surface area contributed by atoms with Gasteiger partial charge >= 0.3 is 6.18 Å². The van der Waals surface area contributed by atoms with Crippen molar-refractivity contribution in [3.8, 4) is 5.75 Å². The minimum atomic E-state index is -4.59. The molecule has 1 fully saturated rings. The van der Waals surface area contributed by atoms with Crippen LogP contribution in [0, 0.1) is 5.82 Å². The number of halogens is 4. The van der Waals surface area contributed by atoms with Crippen molar-refractivity contribution in [3.63, 3.8) is 0 Å². The quantitative estimate of drug-likeness (QED) is 0.261. The normalized spacial score (nSPS) is 15.9. The van der Waals surface area contributed by atoms with E-state index >= 15 is 0 Å². The second-order valence-electron chi connectivity index (χ2n) is 9.66. The number of fused-ring (bicyclic) bond motifs is 1. The van der Waals surface area contributed by atoms with Gasteiger partial charge in [0, 0.05) is 49.1 Å². The number of hydrogen-bond acceptors (Lipinski definition) is 6. The molecule has 1 aliphatic heterocycles.